The van der Waals surface area contributed by atoms with Gasteiger partial charge in [0, 0.05) is 26.7 Å². The lowest BCUT2D eigenvalue weighted by Crippen LogP contribution is -2.44. The van der Waals surface area contributed by atoms with E-state index in [2.05, 4.69) is 17.6 Å². The summed E-state index contributed by atoms with van der Waals surface area (Å²) in [4.78, 5) is 11.6. The molecule has 0 rings (SSSR count). The maximum atomic E-state index is 11.6. The Labute approximate surface area is 128 Å². The van der Waals surface area contributed by atoms with Crippen LogP contribution in [-0.2, 0) is 14.3 Å². The zero-order valence-corrected chi connectivity index (χ0v) is 13.9. The lowest BCUT2D eigenvalue weighted by Gasteiger charge is -2.23. The quantitative estimate of drug-likeness (QED) is 0.433. The molecule has 0 saturated carbocycles. The normalized spacial score (nSPS) is 13.2. The number of rotatable bonds is 13. The summed E-state index contributed by atoms with van der Waals surface area (Å²) in [6.07, 6.45) is 1.60. The molecule has 6 heteroatoms. The maximum Gasteiger partial charge on any atom is 0.226 e. The molecular weight excluding hydrogens is 272 g/mol. The fourth-order valence-electron chi connectivity index (χ4n) is 1.71. The van der Waals surface area contributed by atoms with Crippen LogP contribution in [0.4, 0.5) is 0 Å². The molecule has 0 aliphatic carbocycles. The van der Waals surface area contributed by atoms with Crippen LogP contribution in [-0.4, -0.2) is 63.7 Å². The van der Waals surface area contributed by atoms with E-state index in [1.807, 2.05) is 13.8 Å². The number of aliphatic hydroxyl groups is 1. The minimum absolute atomic E-state index is 0.0232. The van der Waals surface area contributed by atoms with Crippen molar-refractivity contribution in [2.24, 2.45) is 5.41 Å². The third kappa shape index (κ3) is 10.6. The predicted octanol–water partition coefficient (Wildman–Crippen LogP) is 0.542. The van der Waals surface area contributed by atoms with Crippen LogP contribution < -0.4 is 10.6 Å². The van der Waals surface area contributed by atoms with Crippen molar-refractivity contribution >= 4 is 5.91 Å². The Balaban J connectivity index is 3.54. The molecule has 0 heterocycles. The molecule has 21 heavy (non-hydrogen) atoms. The number of unbranched alkanes of at least 4 members (excludes halogenated alkanes) is 1. The lowest BCUT2D eigenvalue weighted by molar-refractivity contribution is -0.128. The molecule has 126 valence electrons. The van der Waals surface area contributed by atoms with Gasteiger partial charge in [0.25, 0.3) is 0 Å². The van der Waals surface area contributed by atoms with E-state index in [1.54, 1.807) is 7.05 Å². The van der Waals surface area contributed by atoms with Crippen LogP contribution in [0, 0.1) is 5.41 Å². The Morgan fingerprint density at radius 3 is 2.52 bits per heavy atom. The minimum atomic E-state index is -0.582. The first kappa shape index (κ1) is 20.3. The summed E-state index contributed by atoms with van der Waals surface area (Å²) in [6, 6.07) is 0. The van der Waals surface area contributed by atoms with Gasteiger partial charge < -0.3 is 25.2 Å². The van der Waals surface area contributed by atoms with Gasteiger partial charge in [-0.1, -0.05) is 13.3 Å². The fourth-order valence-corrected chi connectivity index (χ4v) is 1.71. The monoisotopic (exact) mass is 304 g/mol. The van der Waals surface area contributed by atoms with E-state index in [-0.39, 0.29) is 12.5 Å². The second-order valence-electron chi connectivity index (χ2n) is 5.79. The molecule has 0 aliphatic rings. The van der Waals surface area contributed by atoms with Crippen molar-refractivity contribution in [3.8, 4) is 0 Å². The number of hydrogen-bond donors (Lipinski definition) is 3. The summed E-state index contributed by atoms with van der Waals surface area (Å²) in [5.41, 5.74) is -0.498. The van der Waals surface area contributed by atoms with Crippen LogP contribution in [0.15, 0.2) is 0 Å². The number of aliphatic hydroxyl groups excluding tert-OH is 1. The Bertz CT molecular complexity index is 272. The highest BCUT2D eigenvalue weighted by molar-refractivity contribution is 5.81. The van der Waals surface area contributed by atoms with Crippen LogP contribution >= 0.6 is 0 Å². The zero-order valence-electron chi connectivity index (χ0n) is 13.9. The molecule has 0 bridgehead atoms. The SMILES string of the molecule is CCCCOCCOCC(O)CNCC(C)(C)C(=O)NC. The third-order valence-corrected chi connectivity index (χ3v) is 3.11. The minimum Gasteiger partial charge on any atom is -0.389 e. The summed E-state index contributed by atoms with van der Waals surface area (Å²) in [7, 11) is 1.62. The van der Waals surface area contributed by atoms with Crippen molar-refractivity contribution in [1.29, 1.82) is 0 Å². The van der Waals surface area contributed by atoms with Crippen LogP contribution in [0.5, 0.6) is 0 Å². The Hall–Kier alpha value is -0.690. The molecule has 0 radical (unpaired) electrons. The molecule has 1 atom stereocenters. The first-order chi connectivity index (χ1) is 9.94. The maximum absolute atomic E-state index is 11.6. The van der Waals surface area contributed by atoms with Crippen LogP contribution in [0.2, 0.25) is 0 Å². The summed E-state index contributed by atoms with van der Waals surface area (Å²) in [6.45, 7) is 8.82. The van der Waals surface area contributed by atoms with Gasteiger partial charge in [-0.3, -0.25) is 4.79 Å². The van der Waals surface area contributed by atoms with E-state index in [9.17, 15) is 9.90 Å². The average molecular weight is 304 g/mol. The molecule has 0 aliphatic heterocycles. The topological polar surface area (TPSA) is 79.8 Å². The predicted molar refractivity (Wildman–Crippen MR) is 83.3 cm³/mol. The first-order valence-corrected chi connectivity index (χ1v) is 7.70. The van der Waals surface area contributed by atoms with Gasteiger partial charge in [0.1, 0.15) is 0 Å². The van der Waals surface area contributed by atoms with Crippen molar-refractivity contribution in [1.82, 2.24) is 10.6 Å². The molecule has 0 fully saturated rings. The van der Waals surface area contributed by atoms with Crippen molar-refractivity contribution < 1.29 is 19.4 Å². The Kier molecular flexibility index (Phi) is 11.5. The van der Waals surface area contributed by atoms with Gasteiger partial charge >= 0.3 is 0 Å². The fraction of sp³-hybridized carbons (Fsp3) is 0.933. The molecule has 6 nitrogen and oxygen atoms in total. The zero-order chi connectivity index (χ0) is 16.1. The smallest absolute Gasteiger partial charge is 0.226 e. The van der Waals surface area contributed by atoms with E-state index < -0.39 is 11.5 Å². The molecule has 0 aromatic carbocycles. The van der Waals surface area contributed by atoms with Crippen LogP contribution in [0.3, 0.4) is 0 Å². The summed E-state index contributed by atoms with van der Waals surface area (Å²) >= 11 is 0. The molecular formula is C15H32N2O4. The number of carbonyl (C=O) groups is 1. The number of ether oxygens (including phenoxy) is 2. The average Bonchev–Trinajstić information content (AvgIpc) is 2.45. The molecule has 3 N–H and O–H groups in total. The first-order valence-electron chi connectivity index (χ1n) is 7.70. The van der Waals surface area contributed by atoms with Crippen molar-refractivity contribution in [2.45, 2.75) is 39.7 Å². The van der Waals surface area contributed by atoms with E-state index in [1.165, 1.54) is 0 Å². The Morgan fingerprint density at radius 1 is 1.24 bits per heavy atom. The Morgan fingerprint density at radius 2 is 1.90 bits per heavy atom. The van der Waals surface area contributed by atoms with Gasteiger partial charge in [-0.15, -0.1) is 0 Å². The number of hydrogen-bond acceptors (Lipinski definition) is 5. The van der Waals surface area contributed by atoms with Crippen LogP contribution in [0.1, 0.15) is 33.6 Å². The molecule has 1 unspecified atom stereocenters. The molecule has 0 saturated heterocycles. The molecule has 1 amide bonds. The highest BCUT2D eigenvalue weighted by atomic mass is 16.5. The highest BCUT2D eigenvalue weighted by Gasteiger charge is 2.26. The van der Waals surface area contributed by atoms with Crippen molar-refractivity contribution in [3.63, 3.8) is 0 Å². The second-order valence-corrected chi connectivity index (χ2v) is 5.79. The van der Waals surface area contributed by atoms with Crippen molar-refractivity contribution in [2.75, 3.05) is 46.6 Å². The number of amides is 1. The molecule has 0 aromatic rings. The standard InChI is InChI=1S/C15H32N2O4/c1-5-6-7-20-8-9-21-11-13(18)10-17-12-15(2,3)14(19)16-4/h13,17-18H,5-12H2,1-4H3,(H,16,19). The van der Waals surface area contributed by atoms with Gasteiger partial charge in [0.15, 0.2) is 0 Å². The molecule has 0 aromatic heterocycles. The van der Waals surface area contributed by atoms with E-state index in [0.717, 1.165) is 19.4 Å². The van der Waals surface area contributed by atoms with E-state index in [0.29, 0.717) is 26.3 Å². The van der Waals surface area contributed by atoms with E-state index >= 15 is 0 Å². The summed E-state index contributed by atoms with van der Waals surface area (Å²) in [5.74, 6) is -0.0232. The third-order valence-electron chi connectivity index (χ3n) is 3.11. The highest BCUT2D eigenvalue weighted by Crippen LogP contribution is 2.12. The largest absolute Gasteiger partial charge is 0.389 e. The second kappa shape index (κ2) is 11.9. The van der Waals surface area contributed by atoms with Crippen LogP contribution in [0.25, 0.3) is 0 Å². The summed E-state index contributed by atoms with van der Waals surface area (Å²) in [5, 5.41) is 15.5. The number of carbonyl (C=O) groups excluding carboxylic acids is 1. The van der Waals surface area contributed by atoms with E-state index in [4.69, 9.17) is 9.47 Å². The lowest BCUT2D eigenvalue weighted by atomic mass is 9.92. The van der Waals surface area contributed by atoms with Gasteiger partial charge in [-0.25, -0.2) is 0 Å². The van der Waals surface area contributed by atoms with Crippen molar-refractivity contribution in [3.05, 3.63) is 0 Å². The van der Waals surface area contributed by atoms with Gasteiger partial charge in [-0.2, -0.15) is 0 Å². The number of nitrogens with one attached hydrogen (secondary N) is 2. The summed E-state index contributed by atoms with van der Waals surface area (Å²) < 4.78 is 10.7. The molecule has 0 spiro atoms. The van der Waals surface area contributed by atoms with Gasteiger partial charge in [0.2, 0.25) is 5.91 Å². The van der Waals surface area contributed by atoms with Gasteiger partial charge in [-0.05, 0) is 20.3 Å². The van der Waals surface area contributed by atoms with Gasteiger partial charge in [0.05, 0.1) is 31.3 Å².